The highest BCUT2D eigenvalue weighted by Crippen LogP contribution is 2.37. The summed E-state index contributed by atoms with van der Waals surface area (Å²) in [4.78, 5) is 23.4. The van der Waals surface area contributed by atoms with Crippen LogP contribution in [0.2, 0.25) is 5.02 Å². The van der Waals surface area contributed by atoms with Crippen LogP contribution in [0, 0.1) is 0 Å². The van der Waals surface area contributed by atoms with E-state index in [-0.39, 0.29) is 41.0 Å². The van der Waals surface area contributed by atoms with E-state index < -0.39 is 56.3 Å². The molecule has 36 heavy (non-hydrogen) atoms. The molecule has 0 aromatic heterocycles. The number of amides is 2. The van der Waals surface area contributed by atoms with E-state index in [4.69, 9.17) is 11.6 Å². The Bertz CT molecular complexity index is 1190. The number of benzene rings is 2. The highest BCUT2D eigenvalue weighted by molar-refractivity contribution is 7.98. The van der Waals surface area contributed by atoms with Crippen molar-refractivity contribution in [2.75, 3.05) is 12.0 Å². The van der Waals surface area contributed by atoms with Gasteiger partial charge in [0.15, 0.2) is 0 Å². The first-order chi connectivity index (χ1) is 16.6. The van der Waals surface area contributed by atoms with E-state index in [2.05, 4.69) is 0 Å². The van der Waals surface area contributed by atoms with Crippen molar-refractivity contribution in [3.8, 4) is 0 Å². The highest BCUT2D eigenvalue weighted by Gasteiger charge is 2.39. The second-order valence-electron chi connectivity index (χ2n) is 7.12. The van der Waals surface area contributed by atoms with E-state index in [0.29, 0.717) is 0 Å². The number of carbonyl (C=O) groups excluding carboxylic acids is 2. The second-order valence-corrected chi connectivity index (χ2v) is 10.2. The molecule has 7 nitrogen and oxygen atoms in total. The zero-order chi connectivity index (χ0) is 27.3. The summed E-state index contributed by atoms with van der Waals surface area (Å²) in [6, 6.07) is 3.95. The van der Waals surface area contributed by atoms with Gasteiger partial charge in [-0.25, -0.2) is 8.42 Å². The zero-order valence-electron chi connectivity index (χ0n) is 18.1. The number of nitrogens with one attached hydrogen (secondary N) is 3. The third-order valence-corrected chi connectivity index (χ3v) is 6.94. The minimum Gasteiger partial charge on any atom is -0.271 e. The Hall–Kier alpha value is -2.49. The number of rotatable bonds is 8. The SMILES string of the molecule is CSCC[C@H](NS(=O)(=O)c1cc(C(F)(F)F)cc(C(F)(F)F)c1)C(=O)NNC(=O)c1ccccc1Cl. The Morgan fingerprint density at radius 2 is 1.53 bits per heavy atom. The van der Waals surface area contributed by atoms with E-state index in [0.717, 1.165) is 0 Å². The molecule has 198 valence electrons. The molecule has 1 atom stereocenters. The number of alkyl halides is 6. The molecule has 0 aliphatic carbocycles. The molecule has 0 saturated heterocycles. The monoisotopic (exact) mass is 577 g/mol. The van der Waals surface area contributed by atoms with Gasteiger partial charge in [-0.15, -0.1) is 0 Å². The van der Waals surface area contributed by atoms with Gasteiger partial charge in [-0.3, -0.25) is 20.4 Å². The van der Waals surface area contributed by atoms with Crippen molar-refractivity contribution in [1.82, 2.24) is 15.6 Å². The Morgan fingerprint density at radius 3 is 2.03 bits per heavy atom. The molecule has 0 aliphatic heterocycles. The summed E-state index contributed by atoms with van der Waals surface area (Å²) in [5.41, 5.74) is 0.287. The van der Waals surface area contributed by atoms with Crippen molar-refractivity contribution >= 4 is 45.2 Å². The van der Waals surface area contributed by atoms with E-state index >= 15 is 0 Å². The minimum atomic E-state index is -5.27. The minimum absolute atomic E-state index is 0.0237. The number of sulfonamides is 1. The van der Waals surface area contributed by atoms with E-state index in [1.807, 2.05) is 15.6 Å². The summed E-state index contributed by atoms with van der Waals surface area (Å²) in [6.07, 6.45) is -9.14. The van der Waals surface area contributed by atoms with Crippen LogP contribution in [0.1, 0.15) is 27.9 Å². The lowest BCUT2D eigenvalue weighted by Gasteiger charge is -2.20. The molecule has 3 N–H and O–H groups in total. The third-order valence-electron chi connectivity index (χ3n) is 4.51. The number of carbonyl (C=O) groups is 2. The van der Waals surface area contributed by atoms with Gasteiger partial charge in [0.25, 0.3) is 11.8 Å². The van der Waals surface area contributed by atoms with E-state index in [9.17, 15) is 44.3 Å². The first-order valence-corrected chi connectivity index (χ1v) is 13.0. The van der Waals surface area contributed by atoms with Crippen molar-refractivity contribution < 1.29 is 44.3 Å². The summed E-state index contributed by atoms with van der Waals surface area (Å²) in [7, 11) is -5.05. The van der Waals surface area contributed by atoms with Gasteiger partial charge in [0.1, 0.15) is 6.04 Å². The van der Waals surface area contributed by atoms with Crippen molar-refractivity contribution in [3.05, 3.63) is 64.2 Å². The van der Waals surface area contributed by atoms with Gasteiger partial charge in [0.2, 0.25) is 10.0 Å². The maximum atomic E-state index is 13.1. The van der Waals surface area contributed by atoms with Crippen molar-refractivity contribution in [1.29, 1.82) is 0 Å². The van der Waals surface area contributed by atoms with E-state index in [1.54, 1.807) is 12.3 Å². The molecule has 0 fully saturated rings. The lowest BCUT2D eigenvalue weighted by atomic mass is 10.1. The lowest BCUT2D eigenvalue weighted by Crippen LogP contribution is -2.52. The van der Waals surface area contributed by atoms with Gasteiger partial charge < -0.3 is 0 Å². The van der Waals surface area contributed by atoms with Crippen LogP contribution in [0.4, 0.5) is 26.3 Å². The summed E-state index contributed by atoms with van der Waals surface area (Å²) in [5, 5.41) is 0.0499. The molecule has 0 heterocycles. The Morgan fingerprint density at radius 1 is 0.972 bits per heavy atom. The van der Waals surface area contributed by atoms with Crippen LogP contribution in [-0.4, -0.2) is 38.3 Å². The fraction of sp³-hybridized carbons (Fsp3) is 0.300. The van der Waals surface area contributed by atoms with Crippen LogP contribution in [0.25, 0.3) is 0 Å². The number of hydrazine groups is 1. The number of halogens is 7. The highest BCUT2D eigenvalue weighted by atomic mass is 35.5. The molecule has 0 radical (unpaired) electrons. The number of thioether (sulfide) groups is 1. The molecule has 0 bridgehead atoms. The fourth-order valence-corrected chi connectivity index (χ4v) is 4.73. The first kappa shape index (κ1) is 29.7. The molecule has 2 aromatic carbocycles. The van der Waals surface area contributed by atoms with Gasteiger partial charge >= 0.3 is 12.4 Å². The van der Waals surface area contributed by atoms with Crippen LogP contribution in [0.15, 0.2) is 47.4 Å². The molecule has 2 aromatic rings. The molecule has 2 amide bonds. The maximum absolute atomic E-state index is 13.1. The lowest BCUT2D eigenvalue weighted by molar-refractivity contribution is -0.143. The summed E-state index contributed by atoms with van der Waals surface area (Å²) >= 11 is 7.07. The molecule has 0 aliphatic rings. The van der Waals surface area contributed by atoms with Crippen LogP contribution in [0.5, 0.6) is 0 Å². The molecule has 16 heteroatoms. The van der Waals surface area contributed by atoms with Gasteiger partial charge in [-0.05, 0) is 48.8 Å². The Kier molecular flexibility index (Phi) is 9.67. The van der Waals surface area contributed by atoms with Crippen LogP contribution >= 0.6 is 23.4 Å². The van der Waals surface area contributed by atoms with Gasteiger partial charge in [-0.1, -0.05) is 23.7 Å². The predicted molar refractivity (Wildman–Crippen MR) is 121 cm³/mol. The van der Waals surface area contributed by atoms with Crippen LogP contribution in [-0.2, 0) is 27.2 Å². The number of hydrogen-bond donors (Lipinski definition) is 3. The summed E-state index contributed by atoms with van der Waals surface area (Å²) in [6.45, 7) is 0. The van der Waals surface area contributed by atoms with Gasteiger partial charge in [0.05, 0.1) is 26.6 Å². The van der Waals surface area contributed by atoms with Crippen molar-refractivity contribution in [2.24, 2.45) is 0 Å². The molecule has 0 unspecified atom stereocenters. The Balaban J connectivity index is 2.31. The topological polar surface area (TPSA) is 104 Å². The molecule has 2 rings (SSSR count). The summed E-state index contributed by atoms with van der Waals surface area (Å²) < 4.78 is 106. The molecular weight excluding hydrogens is 560 g/mol. The number of hydrogen-bond acceptors (Lipinski definition) is 5. The van der Waals surface area contributed by atoms with E-state index in [1.165, 1.54) is 30.0 Å². The Labute approximate surface area is 211 Å². The first-order valence-electron chi connectivity index (χ1n) is 9.71. The third kappa shape index (κ3) is 8.01. The molecular formula is C20H18ClF6N3O4S2. The second kappa shape index (κ2) is 11.7. The van der Waals surface area contributed by atoms with Gasteiger partial charge in [0, 0.05) is 0 Å². The van der Waals surface area contributed by atoms with Crippen molar-refractivity contribution in [3.63, 3.8) is 0 Å². The smallest absolute Gasteiger partial charge is 0.271 e. The van der Waals surface area contributed by atoms with Crippen LogP contribution < -0.4 is 15.6 Å². The van der Waals surface area contributed by atoms with Gasteiger partial charge in [-0.2, -0.15) is 42.8 Å². The standard InChI is InChI=1S/C20H18ClF6N3O4S2/c1-35-7-6-16(18(32)29-28-17(31)14-4-2-3-5-15(14)21)30-36(33,34)13-9-11(19(22,23)24)8-12(10-13)20(25,26)27/h2-5,8-10,16,30H,6-7H2,1H3,(H,28,31)(H,29,32)/t16-/m0/s1. The maximum Gasteiger partial charge on any atom is 0.416 e. The molecule has 0 saturated carbocycles. The fourth-order valence-electron chi connectivity index (χ4n) is 2.73. The normalized spacial score (nSPS) is 13.2. The predicted octanol–water partition coefficient (Wildman–Crippen LogP) is 4.24. The average Bonchev–Trinajstić information content (AvgIpc) is 2.78. The largest absolute Gasteiger partial charge is 0.416 e. The molecule has 0 spiro atoms. The zero-order valence-corrected chi connectivity index (χ0v) is 20.5. The summed E-state index contributed by atoms with van der Waals surface area (Å²) in [5.74, 6) is -1.79. The quantitative estimate of drug-likeness (QED) is 0.322. The van der Waals surface area contributed by atoms with Crippen LogP contribution in [0.3, 0.4) is 0 Å². The van der Waals surface area contributed by atoms with Crippen molar-refractivity contribution in [2.45, 2.75) is 29.7 Å². The average molecular weight is 578 g/mol.